The summed E-state index contributed by atoms with van der Waals surface area (Å²) >= 11 is 0. The largest absolute Gasteiger partial charge is 0.464 e. The Morgan fingerprint density at radius 2 is 2.11 bits per heavy atom. The molecule has 100 valence electrons. The Balaban J connectivity index is 2.16. The van der Waals surface area contributed by atoms with Crippen LogP contribution < -0.4 is 0 Å². The van der Waals surface area contributed by atoms with Crippen molar-refractivity contribution < 1.29 is 14.6 Å². The van der Waals surface area contributed by atoms with Gasteiger partial charge >= 0.3 is 5.97 Å². The molecule has 0 fully saturated rings. The molecular formula is C13H15N3O3. The molecule has 0 amide bonds. The highest BCUT2D eigenvalue weighted by molar-refractivity contribution is 5.76. The number of carbonyl (C=O) groups is 1. The fraction of sp³-hybridized carbons (Fsp3) is 0.308. The quantitative estimate of drug-likeness (QED) is 0.836. The number of esters is 1. The zero-order valence-electron chi connectivity index (χ0n) is 10.8. The van der Waals surface area contributed by atoms with Crippen molar-refractivity contribution >= 4 is 5.97 Å². The molecule has 19 heavy (non-hydrogen) atoms. The van der Waals surface area contributed by atoms with E-state index in [1.165, 1.54) is 4.80 Å². The molecule has 2 aromatic rings. The van der Waals surface area contributed by atoms with Crippen LogP contribution in [0.5, 0.6) is 0 Å². The molecule has 1 aromatic heterocycles. The van der Waals surface area contributed by atoms with Crippen LogP contribution in [0.25, 0.3) is 5.69 Å². The van der Waals surface area contributed by atoms with E-state index in [2.05, 4.69) is 10.2 Å². The summed E-state index contributed by atoms with van der Waals surface area (Å²) in [5, 5.41) is 18.0. The average molecular weight is 261 g/mol. The van der Waals surface area contributed by atoms with Gasteiger partial charge in [-0.25, -0.2) is 4.79 Å². The molecule has 1 unspecified atom stereocenters. The monoisotopic (exact) mass is 261 g/mol. The molecule has 6 heteroatoms. The highest BCUT2D eigenvalue weighted by Gasteiger charge is 2.18. The van der Waals surface area contributed by atoms with E-state index in [1.807, 2.05) is 6.92 Å². The van der Waals surface area contributed by atoms with E-state index < -0.39 is 12.1 Å². The number of rotatable bonds is 4. The van der Waals surface area contributed by atoms with Crippen LogP contribution in [0.15, 0.2) is 30.5 Å². The van der Waals surface area contributed by atoms with Crippen LogP contribution in [0.4, 0.5) is 0 Å². The highest BCUT2D eigenvalue weighted by Crippen LogP contribution is 2.16. The zero-order valence-corrected chi connectivity index (χ0v) is 10.8. The van der Waals surface area contributed by atoms with Gasteiger partial charge in [-0.05, 0) is 31.5 Å². The summed E-state index contributed by atoms with van der Waals surface area (Å²) in [5.74, 6) is -0.650. The van der Waals surface area contributed by atoms with Crippen molar-refractivity contribution in [2.24, 2.45) is 0 Å². The Morgan fingerprint density at radius 3 is 2.63 bits per heavy atom. The Morgan fingerprint density at radius 1 is 1.42 bits per heavy atom. The molecule has 0 aliphatic rings. The third-order valence-electron chi connectivity index (χ3n) is 2.56. The van der Waals surface area contributed by atoms with Crippen molar-refractivity contribution in [1.29, 1.82) is 0 Å². The number of aryl methyl sites for hydroxylation is 1. The van der Waals surface area contributed by atoms with Crippen molar-refractivity contribution in [2.75, 3.05) is 6.61 Å². The first-order valence-electron chi connectivity index (χ1n) is 5.96. The summed E-state index contributed by atoms with van der Waals surface area (Å²) in [6.45, 7) is 3.78. The topological polar surface area (TPSA) is 77.2 Å². The van der Waals surface area contributed by atoms with Gasteiger partial charge in [0.15, 0.2) is 6.10 Å². The van der Waals surface area contributed by atoms with E-state index in [-0.39, 0.29) is 6.61 Å². The van der Waals surface area contributed by atoms with Crippen LogP contribution >= 0.6 is 0 Å². The van der Waals surface area contributed by atoms with Gasteiger partial charge < -0.3 is 9.84 Å². The number of hydrogen-bond donors (Lipinski definition) is 1. The van der Waals surface area contributed by atoms with E-state index in [4.69, 9.17) is 4.74 Å². The molecule has 0 aliphatic heterocycles. The number of nitrogens with zero attached hydrogens (tertiary/aromatic N) is 3. The van der Waals surface area contributed by atoms with Gasteiger partial charge in [0, 0.05) is 0 Å². The van der Waals surface area contributed by atoms with Gasteiger partial charge in [0.1, 0.15) is 0 Å². The summed E-state index contributed by atoms with van der Waals surface area (Å²) in [7, 11) is 0. The second-order valence-corrected chi connectivity index (χ2v) is 4.02. The second kappa shape index (κ2) is 5.62. The lowest BCUT2D eigenvalue weighted by Crippen LogP contribution is -2.15. The fourth-order valence-electron chi connectivity index (χ4n) is 1.61. The first-order chi connectivity index (χ1) is 9.11. The molecule has 1 heterocycles. The normalized spacial score (nSPS) is 12.2. The number of aliphatic hydroxyl groups is 1. The van der Waals surface area contributed by atoms with Crippen LogP contribution in [0.3, 0.4) is 0 Å². The first-order valence-corrected chi connectivity index (χ1v) is 5.96. The van der Waals surface area contributed by atoms with Crippen LogP contribution in [-0.4, -0.2) is 32.7 Å². The Hall–Kier alpha value is -2.21. The van der Waals surface area contributed by atoms with Gasteiger partial charge in [-0.1, -0.05) is 12.1 Å². The third kappa shape index (κ3) is 2.97. The molecule has 0 bridgehead atoms. The highest BCUT2D eigenvalue weighted by atomic mass is 16.5. The maximum Gasteiger partial charge on any atom is 0.339 e. The summed E-state index contributed by atoms with van der Waals surface area (Å²) in [6, 6.07) is 6.76. The van der Waals surface area contributed by atoms with Gasteiger partial charge in [-0.3, -0.25) is 0 Å². The number of aromatic nitrogens is 3. The molecule has 6 nitrogen and oxygen atoms in total. The SMILES string of the molecule is CCOC(=O)C(O)c1ccc(-n2ncc(C)n2)cc1. The standard InChI is InChI=1S/C13H15N3O3/c1-3-19-13(18)12(17)10-4-6-11(7-5-10)16-14-8-9(2)15-16/h4-8,12,17H,3H2,1-2H3. The molecule has 1 atom stereocenters. The van der Waals surface area contributed by atoms with Gasteiger partial charge in [0.25, 0.3) is 0 Å². The van der Waals surface area contributed by atoms with Crippen LogP contribution in [0.1, 0.15) is 24.3 Å². The van der Waals surface area contributed by atoms with Crippen molar-refractivity contribution in [3.8, 4) is 5.69 Å². The predicted molar refractivity (Wildman–Crippen MR) is 67.7 cm³/mol. The van der Waals surface area contributed by atoms with Crippen molar-refractivity contribution in [1.82, 2.24) is 15.0 Å². The molecule has 2 rings (SSSR count). The fourth-order valence-corrected chi connectivity index (χ4v) is 1.61. The minimum Gasteiger partial charge on any atom is -0.464 e. The lowest BCUT2D eigenvalue weighted by molar-refractivity contribution is -0.153. The van der Waals surface area contributed by atoms with Gasteiger partial charge in [-0.15, -0.1) is 0 Å². The molecule has 1 N–H and O–H groups in total. The molecule has 0 radical (unpaired) electrons. The smallest absolute Gasteiger partial charge is 0.339 e. The number of carbonyl (C=O) groups excluding carboxylic acids is 1. The Bertz CT molecular complexity index is 563. The molecule has 1 aromatic carbocycles. The van der Waals surface area contributed by atoms with E-state index >= 15 is 0 Å². The lowest BCUT2D eigenvalue weighted by Gasteiger charge is -2.10. The Kier molecular flexibility index (Phi) is 3.91. The van der Waals surface area contributed by atoms with Crippen LogP contribution in [0.2, 0.25) is 0 Å². The van der Waals surface area contributed by atoms with Crippen LogP contribution in [-0.2, 0) is 9.53 Å². The molecule has 0 aliphatic carbocycles. The van der Waals surface area contributed by atoms with Gasteiger partial charge in [-0.2, -0.15) is 15.0 Å². The maximum atomic E-state index is 11.4. The molecule has 0 saturated carbocycles. The second-order valence-electron chi connectivity index (χ2n) is 4.02. The summed E-state index contributed by atoms with van der Waals surface area (Å²) in [5.41, 5.74) is 2.05. The third-order valence-corrected chi connectivity index (χ3v) is 2.56. The van der Waals surface area contributed by atoms with E-state index in [9.17, 15) is 9.90 Å². The number of aliphatic hydroxyl groups excluding tert-OH is 1. The Labute approximate surface area is 110 Å². The maximum absolute atomic E-state index is 11.4. The summed E-state index contributed by atoms with van der Waals surface area (Å²) in [6.07, 6.45) is 0.391. The van der Waals surface area contributed by atoms with E-state index in [0.717, 1.165) is 11.4 Å². The molecular weight excluding hydrogens is 246 g/mol. The number of benzene rings is 1. The van der Waals surface area contributed by atoms with E-state index in [0.29, 0.717) is 5.56 Å². The summed E-state index contributed by atoms with van der Waals surface area (Å²) in [4.78, 5) is 12.9. The van der Waals surface area contributed by atoms with Crippen molar-refractivity contribution in [2.45, 2.75) is 20.0 Å². The number of hydrogen-bond acceptors (Lipinski definition) is 5. The minimum absolute atomic E-state index is 0.241. The van der Waals surface area contributed by atoms with Gasteiger partial charge in [0.2, 0.25) is 0 Å². The number of ether oxygens (including phenoxy) is 1. The minimum atomic E-state index is -1.26. The van der Waals surface area contributed by atoms with Crippen molar-refractivity contribution in [3.05, 3.63) is 41.7 Å². The van der Waals surface area contributed by atoms with Gasteiger partial charge in [0.05, 0.1) is 24.2 Å². The van der Waals surface area contributed by atoms with E-state index in [1.54, 1.807) is 37.4 Å². The average Bonchev–Trinajstić information content (AvgIpc) is 2.85. The zero-order chi connectivity index (χ0) is 13.8. The van der Waals surface area contributed by atoms with Crippen molar-refractivity contribution in [3.63, 3.8) is 0 Å². The summed E-state index contributed by atoms with van der Waals surface area (Å²) < 4.78 is 4.76. The molecule has 0 saturated heterocycles. The predicted octanol–water partition coefficient (Wildman–Crippen LogP) is 1.17. The molecule has 0 spiro atoms. The first kappa shape index (κ1) is 13.2. The van der Waals surface area contributed by atoms with Crippen LogP contribution in [0, 0.1) is 6.92 Å². The lowest BCUT2D eigenvalue weighted by atomic mass is 10.1.